The Kier molecular flexibility index (Phi) is 5.90. The lowest BCUT2D eigenvalue weighted by Gasteiger charge is -2.14. The Morgan fingerprint density at radius 1 is 1.04 bits per heavy atom. The second-order valence-corrected chi connectivity index (χ2v) is 7.85. The van der Waals surface area contributed by atoms with Crippen molar-refractivity contribution in [3.63, 3.8) is 0 Å². The van der Waals surface area contributed by atoms with Crippen molar-refractivity contribution in [3.05, 3.63) is 49.8 Å². The Morgan fingerprint density at radius 2 is 1.68 bits per heavy atom. The van der Waals surface area contributed by atoms with Crippen LogP contribution >= 0.6 is 46.1 Å². The van der Waals surface area contributed by atoms with Crippen molar-refractivity contribution >= 4 is 73.7 Å². The van der Waals surface area contributed by atoms with Crippen molar-refractivity contribution in [2.24, 2.45) is 5.73 Å². The summed E-state index contributed by atoms with van der Waals surface area (Å²) in [5.41, 5.74) is 5.65. The lowest BCUT2D eigenvalue weighted by atomic mass is 10.1. The van der Waals surface area contributed by atoms with Crippen LogP contribution in [-0.2, 0) is 0 Å². The zero-order valence-corrected chi connectivity index (χ0v) is 17.6. The van der Waals surface area contributed by atoms with Crippen LogP contribution in [-0.4, -0.2) is 26.0 Å². The number of nitrogens with two attached hydrogens (primary N) is 1. The topological polar surface area (TPSA) is 90.6 Å². The van der Waals surface area contributed by atoms with Gasteiger partial charge in [0.2, 0.25) is 0 Å². The molecule has 0 aliphatic carbocycles. The van der Waals surface area contributed by atoms with Crippen molar-refractivity contribution in [1.82, 2.24) is 0 Å². The fourth-order valence-corrected chi connectivity index (χ4v) is 4.90. The predicted molar refractivity (Wildman–Crippen MR) is 113 cm³/mol. The van der Waals surface area contributed by atoms with E-state index in [1.54, 1.807) is 12.1 Å². The van der Waals surface area contributed by atoms with E-state index in [-0.39, 0.29) is 21.2 Å². The summed E-state index contributed by atoms with van der Waals surface area (Å²) >= 11 is 19.7. The highest BCUT2D eigenvalue weighted by Gasteiger charge is 2.22. The molecule has 0 unspecified atom stereocenters. The number of carbonyl (C=O) groups is 2. The summed E-state index contributed by atoms with van der Waals surface area (Å²) < 4.78 is 11.0. The maximum Gasteiger partial charge on any atom is 0.267 e. The summed E-state index contributed by atoms with van der Waals surface area (Å²) in [4.78, 5) is 24.9. The Balaban J connectivity index is 2.06. The number of amides is 2. The quantitative estimate of drug-likeness (QED) is 0.546. The highest BCUT2D eigenvalue weighted by Crippen LogP contribution is 2.42. The molecule has 146 valence electrons. The molecule has 2 aromatic carbocycles. The maximum atomic E-state index is 12.8. The van der Waals surface area contributed by atoms with Crippen molar-refractivity contribution in [2.75, 3.05) is 19.5 Å². The third-order valence-electron chi connectivity index (χ3n) is 3.89. The first kappa shape index (κ1) is 20.5. The van der Waals surface area contributed by atoms with E-state index in [0.717, 1.165) is 11.3 Å². The number of benzene rings is 2. The minimum absolute atomic E-state index is 0.0595. The van der Waals surface area contributed by atoms with Gasteiger partial charge in [0.1, 0.15) is 4.88 Å². The fourth-order valence-electron chi connectivity index (χ4n) is 2.62. The Labute approximate surface area is 179 Å². The van der Waals surface area contributed by atoms with Crippen LogP contribution in [0.2, 0.25) is 15.1 Å². The summed E-state index contributed by atoms with van der Waals surface area (Å²) in [6.45, 7) is 0. The summed E-state index contributed by atoms with van der Waals surface area (Å²) in [5, 5.41) is 4.14. The van der Waals surface area contributed by atoms with Gasteiger partial charge in [0.25, 0.3) is 11.8 Å². The first-order valence-corrected chi connectivity index (χ1v) is 9.66. The number of rotatable bonds is 5. The van der Waals surface area contributed by atoms with E-state index >= 15 is 0 Å². The summed E-state index contributed by atoms with van der Waals surface area (Å²) in [6.07, 6.45) is 0. The Hall–Kier alpha value is -2.19. The van der Waals surface area contributed by atoms with Crippen molar-refractivity contribution < 1.29 is 19.1 Å². The first-order chi connectivity index (χ1) is 13.3. The standard InChI is InChI=1S/C18H13Cl3N2O4S/c1-26-11-5-8(17(22)24)10(6-12(11)27-2)23-18(25)16-15(21)14-9(20)3-7(19)4-13(14)28-16/h3-6H,1-2H3,(H2,22,24)(H,23,25). The Morgan fingerprint density at radius 3 is 2.29 bits per heavy atom. The van der Waals surface area contributed by atoms with Crippen molar-refractivity contribution in [1.29, 1.82) is 0 Å². The van der Waals surface area contributed by atoms with Crippen molar-refractivity contribution in [2.45, 2.75) is 0 Å². The van der Waals surface area contributed by atoms with E-state index < -0.39 is 11.8 Å². The molecule has 0 aliphatic heterocycles. The zero-order valence-electron chi connectivity index (χ0n) is 14.6. The first-order valence-electron chi connectivity index (χ1n) is 7.71. The molecular weight excluding hydrogens is 447 g/mol. The molecule has 0 saturated heterocycles. The number of hydrogen-bond acceptors (Lipinski definition) is 5. The number of carbonyl (C=O) groups excluding carboxylic acids is 2. The number of ether oxygens (including phenoxy) is 2. The highest BCUT2D eigenvalue weighted by atomic mass is 35.5. The van der Waals surface area contributed by atoms with Gasteiger partial charge in [-0.25, -0.2) is 0 Å². The molecule has 3 aromatic rings. The largest absolute Gasteiger partial charge is 0.493 e. The average Bonchev–Trinajstić information content (AvgIpc) is 2.97. The van der Waals surface area contributed by atoms with Gasteiger partial charge in [-0.05, 0) is 18.2 Å². The lowest BCUT2D eigenvalue weighted by molar-refractivity contribution is 0.100. The van der Waals surface area contributed by atoms with E-state index in [1.807, 2.05) is 0 Å². The third kappa shape index (κ3) is 3.71. The number of thiophene rings is 1. The van der Waals surface area contributed by atoms with Crippen LogP contribution in [0, 0.1) is 0 Å². The van der Waals surface area contributed by atoms with E-state index in [0.29, 0.717) is 31.6 Å². The SMILES string of the molecule is COc1cc(NC(=O)c2sc3cc(Cl)cc(Cl)c3c2Cl)c(C(N)=O)cc1OC. The summed E-state index contributed by atoms with van der Waals surface area (Å²) in [5.74, 6) is -0.655. The number of nitrogens with one attached hydrogen (secondary N) is 1. The number of methoxy groups -OCH3 is 2. The van der Waals surface area contributed by atoms with Gasteiger partial charge >= 0.3 is 0 Å². The number of hydrogen-bond donors (Lipinski definition) is 2. The molecule has 3 N–H and O–H groups in total. The highest BCUT2D eigenvalue weighted by molar-refractivity contribution is 7.21. The second kappa shape index (κ2) is 8.05. The molecule has 1 aromatic heterocycles. The van der Waals surface area contributed by atoms with E-state index in [1.165, 1.54) is 26.4 Å². The maximum absolute atomic E-state index is 12.8. The Bertz CT molecular complexity index is 1110. The van der Waals surface area contributed by atoms with Gasteiger partial charge in [-0.3, -0.25) is 9.59 Å². The predicted octanol–water partition coefficient (Wildman–Crippen LogP) is 5.23. The molecule has 0 spiro atoms. The minimum atomic E-state index is -0.742. The van der Waals surface area contributed by atoms with E-state index in [2.05, 4.69) is 5.32 Å². The third-order valence-corrected chi connectivity index (χ3v) is 6.04. The van der Waals surface area contributed by atoms with Gasteiger partial charge in [-0.15, -0.1) is 11.3 Å². The van der Waals surface area contributed by atoms with Crippen LogP contribution in [0.25, 0.3) is 10.1 Å². The van der Waals surface area contributed by atoms with Crippen LogP contribution in [0.3, 0.4) is 0 Å². The fraction of sp³-hybridized carbons (Fsp3) is 0.111. The summed E-state index contributed by atoms with van der Waals surface area (Å²) in [7, 11) is 2.86. The normalized spacial score (nSPS) is 10.8. The molecule has 0 fully saturated rings. The number of anilines is 1. The molecule has 0 bridgehead atoms. The van der Waals surface area contributed by atoms with Gasteiger partial charge in [0, 0.05) is 21.2 Å². The van der Waals surface area contributed by atoms with Gasteiger partial charge in [0.15, 0.2) is 11.5 Å². The summed E-state index contributed by atoms with van der Waals surface area (Å²) in [6, 6.07) is 6.05. The molecule has 6 nitrogen and oxygen atoms in total. The molecule has 1 heterocycles. The van der Waals surface area contributed by atoms with Crippen LogP contribution in [0.15, 0.2) is 24.3 Å². The molecule has 0 atom stereocenters. The van der Waals surface area contributed by atoms with Crippen LogP contribution in [0.1, 0.15) is 20.0 Å². The minimum Gasteiger partial charge on any atom is -0.493 e. The number of halogens is 3. The molecule has 0 saturated carbocycles. The molecular formula is C18H13Cl3N2O4S. The monoisotopic (exact) mass is 458 g/mol. The molecule has 0 radical (unpaired) electrons. The molecule has 0 aliphatic rings. The molecule has 28 heavy (non-hydrogen) atoms. The van der Waals surface area contributed by atoms with E-state index in [9.17, 15) is 9.59 Å². The van der Waals surface area contributed by atoms with Gasteiger partial charge in [-0.1, -0.05) is 34.8 Å². The van der Waals surface area contributed by atoms with Gasteiger partial charge in [0.05, 0.1) is 35.5 Å². The molecule has 3 rings (SSSR count). The van der Waals surface area contributed by atoms with E-state index in [4.69, 9.17) is 50.0 Å². The zero-order chi connectivity index (χ0) is 20.6. The molecule has 10 heteroatoms. The van der Waals surface area contributed by atoms with Crippen LogP contribution in [0.4, 0.5) is 5.69 Å². The van der Waals surface area contributed by atoms with Crippen LogP contribution < -0.4 is 20.5 Å². The smallest absolute Gasteiger partial charge is 0.267 e. The van der Waals surface area contributed by atoms with Gasteiger partial charge in [-0.2, -0.15) is 0 Å². The lowest BCUT2D eigenvalue weighted by Crippen LogP contribution is -2.18. The van der Waals surface area contributed by atoms with Crippen molar-refractivity contribution in [3.8, 4) is 11.5 Å². The number of fused-ring (bicyclic) bond motifs is 1. The second-order valence-electron chi connectivity index (χ2n) is 5.58. The molecule has 2 amide bonds. The van der Waals surface area contributed by atoms with Crippen LogP contribution in [0.5, 0.6) is 11.5 Å². The van der Waals surface area contributed by atoms with Gasteiger partial charge < -0.3 is 20.5 Å². The average molecular weight is 460 g/mol. The number of primary amides is 1.